The van der Waals surface area contributed by atoms with E-state index >= 15 is 0 Å². The molecule has 0 aromatic carbocycles. The number of carboxylic acids is 1. The van der Waals surface area contributed by atoms with Crippen LogP contribution in [0.2, 0.25) is 0 Å². The molecule has 1 fully saturated rings. The predicted octanol–water partition coefficient (Wildman–Crippen LogP) is 1.57. The van der Waals surface area contributed by atoms with Crippen molar-refractivity contribution in [3.05, 3.63) is 5.82 Å². The number of hydrogen-bond donors (Lipinski definition) is 1. The van der Waals surface area contributed by atoms with Gasteiger partial charge in [0.1, 0.15) is 0 Å². The Morgan fingerprint density at radius 1 is 1.61 bits per heavy atom. The Labute approximate surface area is 110 Å². The fraction of sp³-hybridized carbons (Fsp3) is 0.818. The van der Waals surface area contributed by atoms with Crippen LogP contribution >= 0.6 is 11.8 Å². The van der Waals surface area contributed by atoms with Crippen LogP contribution in [0.15, 0.2) is 0 Å². The molecular formula is C11H18N4O2S. The number of hydrogen-bond acceptors (Lipinski definition) is 5. The van der Waals surface area contributed by atoms with Crippen LogP contribution < -0.4 is 0 Å². The molecule has 2 unspecified atom stereocenters. The summed E-state index contributed by atoms with van der Waals surface area (Å²) in [4.78, 5) is 11.0. The van der Waals surface area contributed by atoms with E-state index in [1.165, 1.54) is 0 Å². The summed E-state index contributed by atoms with van der Waals surface area (Å²) in [5, 5.41) is 20.9. The lowest BCUT2D eigenvalue weighted by molar-refractivity contribution is -0.138. The summed E-state index contributed by atoms with van der Waals surface area (Å²) in [6, 6.07) is -0.168. The molecular weight excluding hydrogens is 252 g/mol. The zero-order chi connectivity index (χ0) is 13.1. The Morgan fingerprint density at radius 2 is 2.39 bits per heavy atom. The van der Waals surface area contributed by atoms with Crippen molar-refractivity contribution in [2.75, 3.05) is 11.5 Å². The minimum Gasteiger partial charge on any atom is -0.481 e. The summed E-state index contributed by atoms with van der Waals surface area (Å²) in [6.07, 6.45) is 1.14. The van der Waals surface area contributed by atoms with Crippen LogP contribution in [0.4, 0.5) is 0 Å². The average Bonchev–Trinajstić information content (AvgIpc) is 2.95. The van der Waals surface area contributed by atoms with Gasteiger partial charge in [-0.15, -0.1) is 5.10 Å². The van der Waals surface area contributed by atoms with E-state index < -0.39 is 5.97 Å². The molecule has 0 radical (unpaired) electrons. The fourth-order valence-corrected chi connectivity index (χ4v) is 3.45. The summed E-state index contributed by atoms with van der Waals surface area (Å²) in [5.41, 5.74) is 0. The lowest BCUT2D eigenvalue weighted by atomic mass is 10.00. The molecule has 2 rings (SSSR count). The highest BCUT2D eigenvalue weighted by atomic mass is 32.2. The van der Waals surface area contributed by atoms with E-state index in [1.807, 2.05) is 25.6 Å². The van der Waals surface area contributed by atoms with Crippen LogP contribution in [0.5, 0.6) is 0 Å². The second-order valence-electron chi connectivity index (χ2n) is 4.95. The third-order valence-electron chi connectivity index (χ3n) is 3.28. The Balaban J connectivity index is 2.24. The first-order valence-corrected chi connectivity index (χ1v) is 7.32. The zero-order valence-electron chi connectivity index (χ0n) is 10.6. The first kappa shape index (κ1) is 13.3. The van der Waals surface area contributed by atoms with Crippen LogP contribution in [0, 0.1) is 5.92 Å². The molecule has 1 aliphatic heterocycles. The third kappa shape index (κ3) is 2.82. The quantitative estimate of drug-likeness (QED) is 0.874. The van der Waals surface area contributed by atoms with E-state index in [1.54, 1.807) is 4.68 Å². The summed E-state index contributed by atoms with van der Waals surface area (Å²) in [6.45, 7) is 4.00. The van der Waals surface area contributed by atoms with E-state index in [4.69, 9.17) is 5.11 Å². The van der Waals surface area contributed by atoms with Gasteiger partial charge in [-0.3, -0.25) is 4.79 Å². The molecule has 0 amide bonds. The Morgan fingerprint density at radius 3 is 2.94 bits per heavy atom. The lowest BCUT2D eigenvalue weighted by Crippen LogP contribution is -2.23. The smallest absolute Gasteiger partial charge is 0.305 e. The van der Waals surface area contributed by atoms with Gasteiger partial charge in [0.2, 0.25) is 0 Å². The average molecular weight is 270 g/mol. The number of carbonyl (C=O) groups is 1. The normalized spacial score (nSPS) is 21.4. The maximum absolute atomic E-state index is 11.0. The minimum atomic E-state index is -0.809. The number of carboxylic acid groups (broad SMARTS) is 1. The van der Waals surface area contributed by atoms with Gasteiger partial charge in [0.25, 0.3) is 0 Å². The Bertz CT molecular complexity index is 415. The largest absolute Gasteiger partial charge is 0.481 e. The first-order valence-electron chi connectivity index (χ1n) is 6.17. The first-order chi connectivity index (χ1) is 8.59. The van der Waals surface area contributed by atoms with Crippen molar-refractivity contribution in [1.82, 2.24) is 20.2 Å². The van der Waals surface area contributed by atoms with Crippen LogP contribution in [-0.4, -0.2) is 42.8 Å². The van der Waals surface area contributed by atoms with Crippen molar-refractivity contribution in [1.29, 1.82) is 0 Å². The van der Waals surface area contributed by atoms with Crippen molar-refractivity contribution in [2.24, 2.45) is 5.92 Å². The molecule has 1 aromatic rings. The van der Waals surface area contributed by atoms with Crippen molar-refractivity contribution in [3.63, 3.8) is 0 Å². The van der Waals surface area contributed by atoms with Crippen molar-refractivity contribution >= 4 is 17.7 Å². The van der Waals surface area contributed by atoms with Crippen LogP contribution in [0.3, 0.4) is 0 Å². The summed E-state index contributed by atoms with van der Waals surface area (Å²) >= 11 is 1.90. The highest BCUT2D eigenvalue weighted by molar-refractivity contribution is 7.99. The zero-order valence-corrected chi connectivity index (χ0v) is 11.4. The second kappa shape index (κ2) is 5.69. The molecule has 0 saturated carbocycles. The molecule has 2 atom stereocenters. The van der Waals surface area contributed by atoms with Gasteiger partial charge >= 0.3 is 5.97 Å². The summed E-state index contributed by atoms with van der Waals surface area (Å²) in [5.74, 6) is 2.74. The maximum Gasteiger partial charge on any atom is 0.305 e. The summed E-state index contributed by atoms with van der Waals surface area (Å²) < 4.78 is 1.73. The number of aromatic nitrogens is 4. The lowest BCUT2D eigenvalue weighted by Gasteiger charge is -2.21. The van der Waals surface area contributed by atoms with Gasteiger partial charge in [-0.2, -0.15) is 11.8 Å². The molecule has 100 valence electrons. The maximum atomic E-state index is 11.0. The Kier molecular flexibility index (Phi) is 4.21. The van der Waals surface area contributed by atoms with Gasteiger partial charge in [0.15, 0.2) is 5.82 Å². The van der Waals surface area contributed by atoms with Crippen molar-refractivity contribution in [3.8, 4) is 0 Å². The number of tetrazole rings is 1. The number of rotatable bonds is 5. The van der Waals surface area contributed by atoms with E-state index in [0.29, 0.717) is 5.92 Å². The van der Waals surface area contributed by atoms with Gasteiger partial charge in [-0.25, -0.2) is 4.68 Å². The molecule has 1 aliphatic rings. The predicted molar refractivity (Wildman–Crippen MR) is 68.6 cm³/mol. The molecule has 1 N–H and O–H groups in total. The summed E-state index contributed by atoms with van der Waals surface area (Å²) in [7, 11) is 0. The second-order valence-corrected chi connectivity index (χ2v) is 6.10. The van der Waals surface area contributed by atoms with Gasteiger partial charge < -0.3 is 5.11 Å². The van der Waals surface area contributed by atoms with Gasteiger partial charge in [0.05, 0.1) is 12.5 Å². The van der Waals surface area contributed by atoms with Crippen LogP contribution in [0.1, 0.15) is 44.5 Å². The van der Waals surface area contributed by atoms with E-state index in [0.717, 1.165) is 23.8 Å². The molecule has 2 heterocycles. The highest BCUT2D eigenvalue weighted by Crippen LogP contribution is 2.33. The number of nitrogens with zero attached hydrogens (tertiary/aromatic N) is 4. The van der Waals surface area contributed by atoms with Gasteiger partial charge in [-0.05, 0) is 28.5 Å². The molecule has 1 aromatic heterocycles. The fourth-order valence-electron chi connectivity index (χ4n) is 2.23. The molecule has 6 nitrogen and oxygen atoms in total. The van der Waals surface area contributed by atoms with Crippen LogP contribution in [-0.2, 0) is 4.79 Å². The number of thioether (sulfide) groups is 1. The van der Waals surface area contributed by atoms with E-state index in [9.17, 15) is 4.79 Å². The van der Waals surface area contributed by atoms with Gasteiger partial charge in [0, 0.05) is 11.7 Å². The molecule has 0 spiro atoms. The molecule has 7 heteroatoms. The number of aliphatic carboxylic acids is 1. The van der Waals surface area contributed by atoms with Crippen molar-refractivity contribution in [2.45, 2.75) is 38.6 Å². The van der Waals surface area contributed by atoms with Crippen molar-refractivity contribution < 1.29 is 9.90 Å². The standard InChI is InChI=1S/C11H18N4O2S/c1-7(2)9(5-10(16)17)15-11(12-13-14-15)8-3-4-18-6-8/h7-9H,3-6H2,1-2H3,(H,16,17). The molecule has 18 heavy (non-hydrogen) atoms. The van der Waals surface area contributed by atoms with Crippen LogP contribution in [0.25, 0.3) is 0 Å². The molecule has 0 aliphatic carbocycles. The Hall–Kier alpha value is -1.11. The molecule has 0 bridgehead atoms. The minimum absolute atomic E-state index is 0.0650. The topological polar surface area (TPSA) is 80.9 Å². The van der Waals surface area contributed by atoms with Gasteiger partial charge in [-0.1, -0.05) is 13.8 Å². The van der Waals surface area contributed by atoms with E-state index in [2.05, 4.69) is 15.5 Å². The molecule has 1 saturated heterocycles. The SMILES string of the molecule is CC(C)C(CC(=O)O)n1nnnc1C1CCSC1. The van der Waals surface area contributed by atoms with E-state index in [-0.39, 0.29) is 18.4 Å². The monoisotopic (exact) mass is 270 g/mol. The third-order valence-corrected chi connectivity index (χ3v) is 4.44. The highest BCUT2D eigenvalue weighted by Gasteiger charge is 2.29.